The Bertz CT molecular complexity index is 1220. The third-order valence-electron chi connectivity index (χ3n) is 5.14. The van der Waals surface area contributed by atoms with Gasteiger partial charge in [-0.3, -0.25) is 4.79 Å². The van der Waals surface area contributed by atoms with Crippen LogP contribution in [0, 0.1) is 6.92 Å². The second-order valence-electron chi connectivity index (χ2n) is 7.48. The molecule has 5 nitrogen and oxygen atoms in total. The van der Waals surface area contributed by atoms with Crippen molar-refractivity contribution < 1.29 is 4.79 Å². The maximum atomic E-state index is 12.0. The van der Waals surface area contributed by atoms with Gasteiger partial charge in [0.15, 0.2) is 0 Å². The van der Waals surface area contributed by atoms with Crippen LogP contribution in [0.3, 0.4) is 0 Å². The Morgan fingerprint density at radius 2 is 1.86 bits per heavy atom. The monoisotopic (exact) mass is 372 g/mol. The first kappa shape index (κ1) is 17.9. The molecule has 1 aromatic heterocycles. The highest BCUT2D eigenvalue weighted by molar-refractivity contribution is 6.20. The number of anilines is 2. The molecule has 0 unspecified atom stereocenters. The Morgan fingerprint density at radius 3 is 2.57 bits per heavy atom. The van der Waals surface area contributed by atoms with E-state index in [9.17, 15) is 4.79 Å². The van der Waals surface area contributed by atoms with Gasteiger partial charge in [-0.15, -0.1) is 0 Å². The van der Waals surface area contributed by atoms with E-state index in [-0.39, 0.29) is 0 Å². The highest BCUT2D eigenvalue weighted by Crippen LogP contribution is 2.39. The molecule has 142 valence electrons. The standard InChI is InChI=1S/C23H24N4O/c1-12(2)26-14-7-8-17-20(11-14)27-22-18(23(25)28)10-9-16(21(17)22)15-5-4-6-19(24)13(15)3/h4-12,26-27H,24H2,1-3H3,(H2,25,28). The first-order chi connectivity index (χ1) is 13.4. The number of rotatable bonds is 4. The van der Waals surface area contributed by atoms with Gasteiger partial charge in [-0.05, 0) is 61.7 Å². The number of hydrogen-bond acceptors (Lipinski definition) is 3. The zero-order valence-electron chi connectivity index (χ0n) is 16.3. The number of fused-ring (bicyclic) bond motifs is 3. The minimum Gasteiger partial charge on any atom is -0.398 e. The van der Waals surface area contributed by atoms with Gasteiger partial charge in [-0.2, -0.15) is 0 Å². The second kappa shape index (κ2) is 6.60. The van der Waals surface area contributed by atoms with E-state index in [1.807, 2.05) is 25.1 Å². The van der Waals surface area contributed by atoms with Gasteiger partial charge in [0.05, 0.1) is 11.1 Å². The summed E-state index contributed by atoms with van der Waals surface area (Å²) in [6.07, 6.45) is 0. The summed E-state index contributed by atoms with van der Waals surface area (Å²) < 4.78 is 0. The van der Waals surface area contributed by atoms with E-state index in [0.29, 0.717) is 11.6 Å². The molecular formula is C23H24N4O. The van der Waals surface area contributed by atoms with Crippen molar-refractivity contribution in [2.75, 3.05) is 11.1 Å². The number of aromatic nitrogens is 1. The summed E-state index contributed by atoms with van der Waals surface area (Å²) in [5.41, 5.74) is 18.8. The normalized spacial score (nSPS) is 11.4. The third-order valence-corrected chi connectivity index (χ3v) is 5.14. The van der Waals surface area contributed by atoms with Gasteiger partial charge in [0, 0.05) is 33.7 Å². The number of amides is 1. The van der Waals surface area contributed by atoms with E-state index in [2.05, 4.69) is 48.4 Å². The van der Waals surface area contributed by atoms with Crippen molar-refractivity contribution in [1.29, 1.82) is 0 Å². The Balaban J connectivity index is 2.08. The van der Waals surface area contributed by atoms with Crippen LogP contribution in [-0.4, -0.2) is 16.9 Å². The van der Waals surface area contributed by atoms with Crippen LogP contribution in [0.2, 0.25) is 0 Å². The maximum absolute atomic E-state index is 12.0. The van der Waals surface area contributed by atoms with Crippen LogP contribution in [-0.2, 0) is 0 Å². The number of benzene rings is 3. The summed E-state index contributed by atoms with van der Waals surface area (Å²) >= 11 is 0. The molecule has 5 heteroatoms. The lowest BCUT2D eigenvalue weighted by Crippen LogP contribution is -2.11. The summed E-state index contributed by atoms with van der Waals surface area (Å²) in [6, 6.07) is 16.2. The lowest BCUT2D eigenvalue weighted by atomic mass is 9.93. The molecule has 0 fully saturated rings. The fourth-order valence-corrected chi connectivity index (χ4v) is 3.81. The summed E-state index contributed by atoms with van der Waals surface area (Å²) in [5.74, 6) is -0.451. The lowest BCUT2D eigenvalue weighted by molar-refractivity contribution is 0.100. The van der Waals surface area contributed by atoms with Gasteiger partial charge in [-0.25, -0.2) is 0 Å². The number of aromatic amines is 1. The average Bonchev–Trinajstić information content (AvgIpc) is 3.01. The lowest BCUT2D eigenvalue weighted by Gasteiger charge is -2.12. The number of primary amides is 1. The Morgan fingerprint density at radius 1 is 1.07 bits per heavy atom. The number of carbonyl (C=O) groups is 1. The molecule has 28 heavy (non-hydrogen) atoms. The highest BCUT2D eigenvalue weighted by atomic mass is 16.1. The van der Waals surface area contributed by atoms with Gasteiger partial charge >= 0.3 is 0 Å². The van der Waals surface area contributed by atoms with Crippen LogP contribution >= 0.6 is 0 Å². The number of nitrogens with one attached hydrogen (secondary N) is 2. The fourth-order valence-electron chi connectivity index (χ4n) is 3.81. The molecule has 0 aliphatic rings. The summed E-state index contributed by atoms with van der Waals surface area (Å²) in [4.78, 5) is 15.5. The molecule has 6 N–H and O–H groups in total. The topological polar surface area (TPSA) is 96.9 Å². The molecule has 1 amide bonds. The van der Waals surface area contributed by atoms with Crippen molar-refractivity contribution in [3.63, 3.8) is 0 Å². The fraction of sp³-hybridized carbons (Fsp3) is 0.174. The number of hydrogen-bond donors (Lipinski definition) is 4. The smallest absolute Gasteiger partial charge is 0.250 e. The van der Waals surface area contributed by atoms with Crippen LogP contribution in [0.5, 0.6) is 0 Å². The third kappa shape index (κ3) is 2.85. The minimum absolute atomic E-state index is 0.327. The number of H-pyrrole nitrogens is 1. The van der Waals surface area contributed by atoms with Crippen LogP contribution in [0.4, 0.5) is 11.4 Å². The van der Waals surface area contributed by atoms with Gasteiger partial charge in [-0.1, -0.05) is 24.3 Å². The van der Waals surface area contributed by atoms with Gasteiger partial charge < -0.3 is 21.8 Å². The highest BCUT2D eigenvalue weighted by Gasteiger charge is 2.18. The number of nitrogen functional groups attached to an aromatic ring is 1. The van der Waals surface area contributed by atoms with E-state index < -0.39 is 5.91 Å². The molecule has 0 radical (unpaired) electrons. The van der Waals surface area contributed by atoms with Gasteiger partial charge in [0.2, 0.25) is 0 Å². The van der Waals surface area contributed by atoms with E-state index in [1.165, 1.54) is 0 Å². The molecule has 0 aliphatic carbocycles. The molecule has 0 saturated heterocycles. The first-order valence-electron chi connectivity index (χ1n) is 9.37. The molecule has 0 bridgehead atoms. The minimum atomic E-state index is -0.451. The van der Waals surface area contributed by atoms with Crippen molar-refractivity contribution in [2.45, 2.75) is 26.8 Å². The molecule has 3 aromatic carbocycles. The maximum Gasteiger partial charge on any atom is 0.250 e. The van der Waals surface area contributed by atoms with Crippen LogP contribution in [0.1, 0.15) is 29.8 Å². The summed E-state index contributed by atoms with van der Waals surface area (Å²) in [5, 5.41) is 5.44. The number of nitrogens with two attached hydrogens (primary N) is 2. The molecule has 0 saturated carbocycles. The number of carbonyl (C=O) groups excluding carboxylic acids is 1. The van der Waals surface area contributed by atoms with E-state index in [1.54, 1.807) is 6.07 Å². The van der Waals surface area contributed by atoms with Crippen LogP contribution in [0.25, 0.3) is 32.9 Å². The zero-order valence-corrected chi connectivity index (χ0v) is 16.3. The second-order valence-corrected chi connectivity index (χ2v) is 7.48. The van der Waals surface area contributed by atoms with Crippen molar-refractivity contribution in [1.82, 2.24) is 4.98 Å². The van der Waals surface area contributed by atoms with Crippen molar-refractivity contribution in [3.8, 4) is 11.1 Å². The predicted molar refractivity (Wildman–Crippen MR) is 118 cm³/mol. The van der Waals surface area contributed by atoms with Crippen molar-refractivity contribution in [2.24, 2.45) is 5.73 Å². The summed E-state index contributed by atoms with van der Waals surface area (Å²) in [6.45, 7) is 6.21. The first-order valence-corrected chi connectivity index (χ1v) is 9.37. The molecule has 1 heterocycles. The van der Waals surface area contributed by atoms with E-state index in [4.69, 9.17) is 11.5 Å². The van der Waals surface area contributed by atoms with Crippen molar-refractivity contribution in [3.05, 3.63) is 59.7 Å². The van der Waals surface area contributed by atoms with Crippen LogP contribution in [0.15, 0.2) is 48.5 Å². The molecule has 0 spiro atoms. The van der Waals surface area contributed by atoms with E-state index in [0.717, 1.165) is 49.9 Å². The summed E-state index contributed by atoms with van der Waals surface area (Å²) in [7, 11) is 0. The van der Waals surface area contributed by atoms with Gasteiger partial charge in [0.25, 0.3) is 5.91 Å². The Kier molecular flexibility index (Phi) is 4.23. The average molecular weight is 372 g/mol. The molecule has 4 rings (SSSR count). The molecular weight excluding hydrogens is 348 g/mol. The van der Waals surface area contributed by atoms with E-state index >= 15 is 0 Å². The molecule has 0 atom stereocenters. The van der Waals surface area contributed by atoms with Gasteiger partial charge in [0.1, 0.15) is 0 Å². The zero-order chi connectivity index (χ0) is 20.0. The molecule has 4 aromatic rings. The molecule has 0 aliphatic heterocycles. The predicted octanol–water partition coefficient (Wildman–Crippen LogP) is 4.80. The van der Waals surface area contributed by atoms with Crippen LogP contribution < -0.4 is 16.8 Å². The Labute approximate surface area is 163 Å². The SMILES string of the molecule is Cc1c(N)cccc1-c1ccc(C(N)=O)c2[nH]c3cc(NC(C)C)ccc3c12. The largest absolute Gasteiger partial charge is 0.398 e. The quantitative estimate of drug-likeness (QED) is 0.387. The van der Waals surface area contributed by atoms with Crippen molar-refractivity contribution >= 4 is 39.1 Å². The Hall–Kier alpha value is -3.47.